The molecule has 8 heteroatoms. The Balaban J connectivity index is 1.47. The van der Waals surface area contributed by atoms with Crippen molar-refractivity contribution in [2.45, 2.75) is 44.6 Å². The maximum atomic E-state index is 12.5. The fourth-order valence-corrected chi connectivity index (χ4v) is 3.46. The molecule has 2 aliphatic rings. The van der Waals surface area contributed by atoms with Crippen LogP contribution in [0.15, 0.2) is 17.2 Å². The van der Waals surface area contributed by atoms with E-state index < -0.39 is 0 Å². The summed E-state index contributed by atoms with van der Waals surface area (Å²) in [5, 5.41) is 4.47. The normalized spacial score (nSPS) is 18.6. The van der Waals surface area contributed by atoms with Crippen molar-refractivity contribution in [1.82, 2.24) is 29.2 Å². The smallest absolute Gasteiger partial charge is 0.337 e. The van der Waals surface area contributed by atoms with Crippen LogP contribution in [-0.4, -0.2) is 48.2 Å². The van der Waals surface area contributed by atoms with Crippen LogP contribution in [0.1, 0.15) is 59.6 Å². The van der Waals surface area contributed by atoms with Gasteiger partial charge in [0.25, 0.3) is 5.91 Å². The summed E-state index contributed by atoms with van der Waals surface area (Å²) in [6.07, 6.45) is 6.89. The first-order chi connectivity index (χ1) is 12.0. The lowest BCUT2D eigenvalue weighted by Gasteiger charge is -2.31. The molecule has 1 amide bonds. The molecule has 2 fully saturated rings. The molecule has 1 aliphatic heterocycles. The van der Waals surface area contributed by atoms with Gasteiger partial charge in [-0.3, -0.25) is 14.3 Å². The van der Waals surface area contributed by atoms with Gasteiger partial charge in [-0.15, -0.1) is 0 Å². The molecule has 0 spiro atoms. The van der Waals surface area contributed by atoms with Crippen LogP contribution < -0.4 is 5.69 Å². The number of hydrogen-bond donors (Lipinski definition) is 0. The molecule has 25 heavy (non-hydrogen) atoms. The Labute approximate surface area is 145 Å². The molecule has 0 atom stereocenters. The quantitative estimate of drug-likeness (QED) is 0.832. The Morgan fingerprint density at radius 2 is 1.84 bits per heavy atom. The minimum atomic E-state index is -0.0773. The van der Waals surface area contributed by atoms with E-state index in [9.17, 15) is 9.59 Å². The molecule has 0 radical (unpaired) electrons. The molecular formula is C17H22N6O2. The predicted octanol–water partition coefficient (Wildman–Crippen LogP) is 1.03. The third-order valence-corrected chi connectivity index (χ3v) is 5.04. The molecule has 8 nitrogen and oxygen atoms in total. The summed E-state index contributed by atoms with van der Waals surface area (Å²) in [7, 11) is 1.71. The Hall–Kier alpha value is -2.51. The molecule has 0 bridgehead atoms. The van der Waals surface area contributed by atoms with Gasteiger partial charge in [-0.25, -0.2) is 14.5 Å². The van der Waals surface area contributed by atoms with Crippen LogP contribution in [0.2, 0.25) is 0 Å². The van der Waals surface area contributed by atoms with E-state index in [0.29, 0.717) is 24.8 Å². The lowest BCUT2D eigenvalue weighted by atomic mass is 9.95. The standard InChI is InChI=1S/C17H22N6O2/c1-11-9-19-14(10-18-11)16(24)22-7-5-12(6-8-22)15-20-21(2)17(25)23(15)13-3-4-13/h9-10,12-13H,3-8H2,1-2H3. The number of hydrogen-bond acceptors (Lipinski definition) is 5. The van der Waals surface area contributed by atoms with Gasteiger partial charge in [0, 0.05) is 38.3 Å². The lowest BCUT2D eigenvalue weighted by Crippen LogP contribution is -2.39. The van der Waals surface area contributed by atoms with Gasteiger partial charge in [0.15, 0.2) is 0 Å². The number of amides is 1. The van der Waals surface area contributed by atoms with Gasteiger partial charge in [0.05, 0.1) is 11.9 Å². The Bertz CT molecular complexity index is 841. The number of carbonyl (C=O) groups is 1. The van der Waals surface area contributed by atoms with Gasteiger partial charge in [-0.05, 0) is 32.6 Å². The van der Waals surface area contributed by atoms with E-state index in [1.807, 2.05) is 16.4 Å². The number of aryl methyl sites for hydroxylation is 2. The maximum Gasteiger partial charge on any atom is 0.345 e. The maximum absolute atomic E-state index is 12.5. The number of aromatic nitrogens is 5. The van der Waals surface area contributed by atoms with Crippen molar-refractivity contribution >= 4 is 5.91 Å². The van der Waals surface area contributed by atoms with Crippen molar-refractivity contribution in [2.75, 3.05) is 13.1 Å². The minimum absolute atomic E-state index is 0.0223. The topological polar surface area (TPSA) is 85.9 Å². The molecule has 1 saturated carbocycles. The molecule has 0 N–H and O–H groups in total. The van der Waals surface area contributed by atoms with Gasteiger partial charge in [-0.2, -0.15) is 5.10 Å². The first-order valence-corrected chi connectivity index (χ1v) is 8.78. The van der Waals surface area contributed by atoms with Gasteiger partial charge in [0.1, 0.15) is 11.5 Å². The Morgan fingerprint density at radius 1 is 1.12 bits per heavy atom. The molecule has 2 aromatic heterocycles. The van der Waals surface area contributed by atoms with Crippen LogP contribution in [-0.2, 0) is 7.05 Å². The third kappa shape index (κ3) is 2.96. The van der Waals surface area contributed by atoms with Crippen LogP contribution in [0, 0.1) is 6.92 Å². The SMILES string of the molecule is Cc1cnc(C(=O)N2CCC(c3nn(C)c(=O)n3C3CC3)CC2)cn1. The highest BCUT2D eigenvalue weighted by Gasteiger charge is 2.34. The van der Waals surface area contributed by atoms with Gasteiger partial charge < -0.3 is 4.90 Å². The van der Waals surface area contributed by atoms with Crippen LogP contribution in [0.5, 0.6) is 0 Å². The van der Waals surface area contributed by atoms with E-state index in [4.69, 9.17) is 0 Å². The van der Waals surface area contributed by atoms with Crippen LogP contribution in [0.4, 0.5) is 0 Å². The van der Waals surface area contributed by atoms with Crippen molar-refractivity contribution in [1.29, 1.82) is 0 Å². The summed E-state index contributed by atoms with van der Waals surface area (Å²) in [4.78, 5) is 35.0. The molecule has 132 valence electrons. The van der Waals surface area contributed by atoms with Gasteiger partial charge in [-0.1, -0.05) is 0 Å². The molecule has 2 aromatic rings. The third-order valence-electron chi connectivity index (χ3n) is 5.04. The molecule has 0 aromatic carbocycles. The summed E-state index contributed by atoms with van der Waals surface area (Å²) >= 11 is 0. The first kappa shape index (κ1) is 16.0. The van der Waals surface area contributed by atoms with Crippen molar-refractivity contribution < 1.29 is 4.79 Å². The van der Waals surface area contributed by atoms with Crippen molar-refractivity contribution in [3.63, 3.8) is 0 Å². The number of carbonyl (C=O) groups excluding carboxylic acids is 1. The average Bonchev–Trinajstić information content (AvgIpc) is 3.41. The van der Waals surface area contributed by atoms with E-state index >= 15 is 0 Å². The van der Waals surface area contributed by atoms with E-state index in [1.54, 1.807) is 13.2 Å². The zero-order valence-corrected chi connectivity index (χ0v) is 14.6. The summed E-state index contributed by atoms with van der Waals surface area (Å²) in [6, 6.07) is 0.318. The molecular weight excluding hydrogens is 320 g/mol. The zero-order valence-electron chi connectivity index (χ0n) is 14.6. The van der Waals surface area contributed by atoms with Crippen molar-refractivity contribution in [2.24, 2.45) is 7.05 Å². The Kier molecular flexibility index (Phi) is 3.89. The number of nitrogens with zero attached hydrogens (tertiary/aromatic N) is 6. The summed E-state index contributed by atoms with van der Waals surface area (Å²) in [5.41, 5.74) is 1.16. The van der Waals surface area contributed by atoms with E-state index in [1.165, 1.54) is 10.9 Å². The molecule has 1 aliphatic carbocycles. The predicted molar refractivity (Wildman–Crippen MR) is 90.4 cm³/mol. The first-order valence-electron chi connectivity index (χ1n) is 8.78. The fourth-order valence-electron chi connectivity index (χ4n) is 3.46. The van der Waals surface area contributed by atoms with E-state index in [0.717, 1.165) is 37.2 Å². The number of likely N-dealkylation sites (tertiary alicyclic amines) is 1. The number of piperidine rings is 1. The Morgan fingerprint density at radius 3 is 2.44 bits per heavy atom. The largest absolute Gasteiger partial charge is 0.345 e. The lowest BCUT2D eigenvalue weighted by molar-refractivity contribution is 0.0703. The second kappa shape index (κ2) is 6.09. The van der Waals surface area contributed by atoms with Crippen molar-refractivity contribution in [3.8, 4) is 0 Å². The minimum Gasteiger partial charge on any atom is -0.337 e. The summed E-state index contributed by atoms with van der Waals surface area (Å²) < 4.78 is 3.31. The van der Waals surface area contributed by atoms with Crippen LogP contribution in [0.3, 0.4) is 0 Å². The van der Waals surface area contributed by atoms with Crippen LogP contribution in [0.25, 0.3) is 0 Å². The number of rotatable bonds is 3. The van der Waals surface area contributed by atoms with Gasteiger partial charge in [0.2, 0.25) is 0 Å². The fraction of sp³-hybridized carbons (Fsp3) is 0.588. The van der Waals surface area contributed by atoms with E-state index in [2.05, 4.69) is 15.1 Å². The monoisotopic (exact) mass is 342 g/mol. The van der Waals surface area contributed by atoms with Crippen LogP contribution >= 0.6 is 0 Å². The molecule has 1 saturated heterocycles. The zero-order chi connectivity index (χ0) is 17.6. The second-order valence-corrected chi connectivity index (χ2v) is 6.98. The van der Waals surface area contributed by atoms with Crippen molar-refractivity contribution in [3.05, 3.63) is 40.1 Å². The summed E-state index contributed by atoms with van der Waals surface area (Å²) in [6.45, 7) is 3.14. The second-order valence-electron chi connectivity index (χ2n) is 6.98. The highest BCUT2D eigenvalue weighted by Crippen LogP contribution is 2.37. The molecule has 0 unspecified atom stereocenters. The highest BCUT2D eigenvalue weighted by atomic mass is 16.2. The highest BCUT2D eigenvalue weighted by molar-refractivity contribution is 5.92. The molecule has 3 heterocycles. The average molecular weight is 342 g/mol. The van der Waals surface area contributed by atoms with Gasteiger partial charge >= 0.3 is 5.69 Å². The summed E-state index contributed by atoms with van der Waals surface area (Å²) in [5.74, 6) is 1.03. The molecule has 4 rings (SSSR count). The van der Waals surface area contributed by atoms with E-state index in [-0.39, 0.29) is 17.5 Å².